The van der Waals surface area contributed by atoms with E-state index in [4.69, 9.17) is 9.47 Å². The Morgan fingerprint density at radius 2 is 1.74 bits per heavy atom. The second-order valence-corrected chi connectivity index (χ2v) is 10.1. The lowest BCUT2D eigenvalue weighted by atomic mass is 9.95. The van der Waals surface area contributed by atoms with Crippen LogP contribution in [0.2, 0.25) is 0 Å². The first-order valence-electron chi connectivity index (χ1n) is 12.5. The van der Waals surface area contributed by atoms with Crippen molar-refractivity contribution < 1.29 is 24.2 Å². The van der Waals surface area contributed by atoms with E-state index in [0.29, 0.717) is 34.4 Å². The van der Waals surface area contributed by atoms with Crippen molar-refractivity contribution in [2.24, 2.45) is 0 Å². The number of benzene rings is 3. The number of unbranched alkanes of at least 4 members (excludes halogenated alkanes) is 1. The van der Waals surface area contributed by atoms with E-state index in [9.17, 15) is 14.7 Å². The van der Waals surface area contributed by atoms with Crippen LogP contribution in [0.15, 0.2) is 72.3 Å². The predicted molar refractivity (Wildman–Crippen MR) is 149 cm³/mol. The van der Waals surface area contributed by atoms with Gasteiger partial charge in [0.2, 0.25) is 0 Å². The zero-order valence-corrected chi connectivity index (χ0v) is 22.2. The topological polar surface area (TPSA) is 89.0 Å². The van der Waals surface area contributed by atoms with Gasteiger partial charge in [0.15, 0.2) is 5.13 Å². The summed E-state index contributed by atoms with van der Waals surface area (Å²) in [6, 6.07) is 19.0. The number of aromatic nitrogens is 1. The monoisotopic (exact) mass is 528 g/mol. The van der Waals surface area contributed by atoms with Crippen LogP contribution >= 0.6 is 11.3 Å². The van der Waals surface area contributed by atoms with Gasteiger partial charge in [-0.15, -0.1) is 0 Å². The minimum absolute atomic E-state index is 0.00950. The van der Waals surface area contributed by atoms with Crippen molar-refractivity contribution in [3.63, 3.8) is 0 Å². The summed E-state index contributed by atoms with van der Waals surface area (Å²) in [5.41, 5.74) is 2.90. The molecule has 4 aromatic rings. The van der Waals surface area contributed by atoms with Crippen molar-refractivity contribution in [2.45, 2.75) is 32.7 Å². The second kappa shape index (κ2) is 10.7. The van der Waals surface area contributed by atoms with Crippen molar-refractivity contribution in [3.8, 4) is 11.5 Å². The highest BCUT2D eigenvalue weighted by Crippen LogP contribution is 2.44. The lowest BCUT2D eigenvalue weighted by Gasteiger charge is -2.23. The van der Waals surface area contributed by atoms with Crippen LogP contribution in [0.5, 0.6) is 11.5 Å². The molecule has 1 fully saturated rings. The number of aliphatic hydroxyl groups excluding tert-OH is 1. The Bertz CT molecular complexity index is 1520. The first kappa shape index (κ1) is 25.5. The minimum Gasteiger partial charge on any atom is -0.507 e. The van der Waals surface area contributed by atoms with Gasteiger partial charge in [0.25, 0.3) is 5.78 Å². The summed E-state index contributed by atoms with van der Waals surface area (Å²) in [6.45, 7) is 4.70. The van der Waals surface area contributed by atoms with Crippen molar-refractivity contribution in [2.75, 3.05) is 18.6 Å². The average Bonchev–Trinajstić information content (AvgIpc) is 3.46. The Morgan fingerprint density at radius 3 is 2.42 bits per heavy atom. The molecular formula is C30H28N2O5S. The number of carbonyl (C=O) groups is 2. The van der Waals surface area contributed by atoms with Crippen LogP contribution in [0.3, 0.4) is 0 Å². The number of rotatable bonds is 8. The number of hydrogen-bond donors (Lipinski definition) is 1. The quantitative estimate of drug-likeness (QED) is 0.123. The maximum Gasteiger partial charge on any atom is 0.301 e. The highest BCUT2D eigenvalue weighted by Gasteiger charge is 2.48. The molecule has 1 amide bonds. The highest BCUT2D eigenvalue weighted by molar-refractivity contribution is 7.22. The first-order chi connectivity index (χ1) is 18.4. The smallest absolute Gasteiger partial charge is 0.301 e. The zero-order chi connectivity index (χ0) is 26.8. The number of methoxy groups -OCH3 is 1. The number of ketones is 1. The Balaban J connectivity index is 1.63. The molecule has 0 radical (unpaired) electrons. The SMILES string of the molecule is CCCCOc1ccc(C2C(=C(O)c3ccc(OC)cc3)C(=O)C(=O)N2c2nc3ccc(C)cc3s2)cc1. The summed E-state index contributed by atoms with van der Waals surface area (Å²) in [5.74, 6) is -0.434. The zero-order valence-electron chi connectivity index (χ0n) is 21.4. The van der Waals surface area contributed by atoms with E-state index in [1.165, 1.54) is 16.2 Å². The van der Waals surface area contributed by atoms with Crippen LogP contribution in [0.25, 0.3) is 16.0 Å². The largest absolute Gasteiger partial charge is 0.507 e. The van der Waals surface area contributed by atoms with E-state index in [1.54, 1.807) is 31.4 Å². The molecule has 1 aliphatic rings. The number of fused-ring (bicyclic) bond motifs is 1. The van der Waals surface area contributed by atoms with E-state index >= 15 is 0 Å². The molecule has 1 aliphatic heterocycles. The molecule has 38 heavy (non-hydrogen) atoms. The second-order valence-electron chi connectivity index (χ2n) is 9.14. The van der Waals surface area contributed by atoms with Crippen molar-refractivity contribution in [1.29, 1.82) is 0 Å². The fourth-order valence-corrected chi connectivity index (χ4v) is 5.54. The number of thiazole rings is 1. The maximum absolute atomic E-state index is 13.5. The van der Waals surface area contributed by atoms with E-state index in [1.807, 2.05) is 49.4 Å². The molecule has 0 saturated carbocycles. The number of nitrogens with zero attached hydrogens (tertiary/aromatic N) is 2. The summed E-state index contributed by atoms with van der Waals surface area (Å²) in [4.78, 5) is 33.0. The molecule has 0 bridgehead atoms. The summed E-state index contributed by atoms with van der Waals surface area (Å²) < 4.78 is 11.9. The number of hydrogen-bond acceptors (Lipinski definition) is 7. The molecule has 194 valence electrons. The summed E-state index contributed by atoms with van der Waals surface area (Å²) in [5, 5.41) is 11.7. The van der Waals surface area contributed by atoms with Gasteiger partial charge in [-0.2, -0.15) is 0 Å². The molecule has 3 aromatic carbocycles. The average molecular weight is 529 g/mol. The van der Waals surface area contributed by atoms with E-state index in [2.05, 4.69) is 11.9 Å². The van der Waals surface area contributed by atoms with Gasteiger partial charge < -0.3 is 14.6 Å². The summed E-state index contributed by atoms with van der Waals surface area (Å²) >= 11 is 1.34. The third-order valence-corrected chi connectivity index (χ3v) is 7.53. The molecule has 1 N–H and O–H groups in total. The molecule has 7 nitrogen and oxygen atoms in total. The van der Waals surface area contributed by atoms with Gasteiger partial charge in [0.05, 0.1) is 35.5 Å². The normalized spacial score (nSPS) is 16.8. The third kappa shape index (κ3) is 4.75. The van der Waals surface area contributed by atoms with Gasteiger partial charge in [-0.1, -0.05) is 42.9 Å². The van der Waals surface area contributed by atoms with Crippen molar-refractivity contribution >= 4 is 44.1 Å². The van der Waals surface area contributed by atoms with Crippen LogP contribution in [-0.2, 0) is 9.59 Å². The van der Waals surface area contributed by atoms with Crippen LogP contribution in [-0.4, -0.2) is 35.5 Å². The number of anilines is 1. The van der Waals surface area contributed by atoms with Crippen LogP contribution < -0.4 is 14.4 Å². The molecule has 5 rings (SSSR count). The molecule has 8 heteroatoms. The van der Waals surface area contributed by atoms with E-state index < -0.39 is 17.7 Å². The highest BCUT2D eigenvalue weighted by atomic mass is 32.1. The minimum atomic E-state index is -0.858. The molecule has 0 spiro atoms. The van der Waals surface area contributed by atoms with E-state index in [-0.39, 0.29) is 11.3 Å². The number of aryl methyl sites for hydroxylation is 1. The van der Waals surface area contributed by atoms with Gasteiger partial charge in [0, 0.05) is 5.56 Å². The Hall–Kier alpha value is -4.17. The van der Waals surface area contributed by atoms with Gasteiger partial charge in [0.1, 0.15) is 17.3 Å². The Kier molecular flexibility index (Phi) is 7.15. The lowest BCUT2D eigenvalue weighted by Crippen LogP contribution is -2.29. The van der Waals surface area contributed by atoms with Gasteiger partial charge >= 0.3 is 5.91 Å². The van der Waals surface area contributed by atoms with Crippen molar-refractivity contribution in [3.05, 3.63) is 89.0 Å². The van der Waals surface area contributed by atoms with Crippen molar-refractivity contribution in [1.82, 2.24) is 4.98 Å². The van der Waals surface area contributed by atoms with Crippen LogP contribution in [0.1, 0.15) is 42.5 Å². The Morgan fingerprint density at radius 1 is 1.03 bits per heavy atom. The first-order valence-corrected chi connectivity index (χ1v) is 13.3. The number of amides is 1. The fraction of sp³-hybridized carbons (Fsp3) is 0.233. The van der Waals surface area contributed by atoms with Crippen LogP contribution in [0, 0.1) is 6.92 Å². The lowest BCUT2D eigenvalue weighted by molar-refractivity contribution is -0.132. The molecule has 0 aliphatic carbocycles. The number of Topliss-reactive ketones (excluding diaryl/α,β-unsaturated/α-hetero) is 1. The van der Waals surface area contributed by atoms with Crippen LogP contribution in [0.4, 0.5) is 5.13 Å². The molecule has 2 heterocycles. The predicted octanol–water partition coefficient (Wildman–Crippen LogP) is 6.42. The van der Waals surface area contributed by atoms with Gasteiger partial charge in [-0.25, -0.2) is 4.98 Å². The summed E-state index contributed by atoms with van der Waals surface area (Å²) in [7, 11) is 1.55. The third-order valence-electron chi connectivity index (χ3n) is 6.51. The molecular weight excluding hydrogens is 500 g/mol. The number of carbonyl (C=O) groups excluding carboxylic acids is 2. The standard InChI is InChI=1S/C30H28N2O5S/c1-4-5-16-37-22-13-7-19(8-14-22)26-25(27(33)20-9-11-21(36-3)12-10-20)28(34)29(35)32(26)30-31-23-15-6-18(2)17-24(23)38-30/h6-15,17,26,33H,4-5,16H2,1-3H3. The molecule has 1 atom stereocenters. The van der Waals surface area contributed by atoms with E-state index in [0.717, 1.165) is 28.6 Å². The number of ether oxygens (including phenoxy) is 2. The molecule has 1 saturated heterocycles. The van der Waals surface area contributed by atoms with Gasteiger partial charge in [-0.05, 0) is 73.0 Å². The molecule has 1 unspecified atom stereocenters. The maximum atomic E-state index is 13.5. The van der Waals surface area contributed by atoms with Gasteiger partial charge in [-0.3, -0.25) is 14.5 Å². The summed E-state index contributed by atoms with van der Waals surface area (Å²) in [6.07, 6.45) is 1.97. The fourth-order valence-electron chi connectivity index (χ4n) is 4.45. The molecule has 1 aromatic heterocycles. The Labute approximate surface area is 225 Å². The number of aliphatic hydroxyl groups is 1.